The Bertz CT molecular complexity index is 863. The number of rotatable bonds is 10. The Balaban J connectivity index is 1.69. The number of esters is 1. The number of hydrogen-bond acceptors (Lipinski definition) is 8. The second kappa shape index (κ2) is 11.5. The molecule has 0 aliphatic heterocycles. The van der Waals surface area contributed by atoms with Crippen LogP contribution in [-0.2, 0) is 9.53 Å². The van der Waals surface area contributed by atoms with Crippen LogP contribution in [0.15, 0.2) is 22.9 Å². The van der Waals surface area contributed by atoms with E-state index < -0.39 is 11.9 Å². The molecule has 0 aromatic carbocycles. The molecule has 0 bridgehead atoms. The minimum atomic E-state index is -0.496. The summed E-state index contributed by atoms with van der Waals surface area (Å²) in [5.41, 5.74) is 2.41. The number of hydrogen-bond donors (Lipinski definition) is 2. The second-order valence-electron chi connectivity index (χ2n) is 7.98. The van der Waals surface area contributed by atoms with Crippen LogP contribution in [0.4, 0.5) is 0 Å². The number of nitrogens with zero attached hydrogens (tertiary/aromatic N) is 3. The standard InChI is InChI=1S/C22H30N4O5/c1-2-30-22(28)17-11-12-23-18(13-17)20-24-21(31-26-20)16(14-19(27)25-29)10-6-9-15-7-4-3-5-8-15/h11-13,15-16,29H,2-10,14H2,1H3,(H,25,27)/t16-/m1/s1. The molecule has 1 saturated carbocycles. The van der Waals surface area contributed by atoms with Crippen LogP contribution in [0.5, 0.6) is 0 Å². The summed E-state index contributed by atoms with van der Waals surface area (Å²) in [7, 11) is 0. The number of carbonyl (C=O) groups is 2. The molecule has 2 N–H and O–H groups in total. The number of aromatic nitrogens is 3. The van der Waals surface area contributed by atoms with Crippen LogP contribution in [-0.4, -0.2) is 38.8 Å². The van der Waals surface area contributed by atoms with E-state index in [2.05, 4.69) is 15.1 Å². The van der Waals surface area contributed by atoms with Crippen molar-refractivity contribution in [1.82, 2.24) is 20.6 Å². The van der Waals surface area contributed by atoms with Crippen LogP contribution in [0.3, 0.4) is 0 Å². The van der Waals surface area contributed by atoms with E-state index >= 15 is 0 Å². The molecule has 1 aliphatic rings. The summed E-state index contributed by atoms with van der Waals surface area (Å²) < 4.78 is 10.5. The number of carbonyl (C=O) groups excluding carboxylic acids is 2. The van der Waals surface area contributed by atoms with Crippen molar-refractivity contribution < 1.29 is 24.1 Å². The molecule has 1 aliphatic carbocycles. The summed E-state index contributed by atoms with van der Waals surface area (Å²) >= 11 is 0. The molecular formula is C22H30N4O5. The van der Waals surface area contributed by atoms with Gasteiger partial charge in [0, 0.05) is 18.5 Å². The van der Waals surface area contributed by atoms with Crippen molar-refractivity contribution in [3.05, 3.63) is 29.8 Å². The van der Waals surface area contributed by atoms with E-state index in [-0.39, 0.29) is 24.8 Å². The first-order valence-corrected chi connectivity index (χ1v) is 11.0. The van der Waals surface area contributed by atoms with Crippen LogP contribution >= 0.6 is 0 Å². The predicted octanol–water partition coefficient (Wildman–Crippen LogP) is 4.04. The summed E-state index contributed by atoms with van der Waals surface area (Å²) in [6.07, 6.45) is 10.8. The van der Waals surface area contributed by atoms with Gasteiger partial charge in [-0.2, -0.15) is 4.98 Å². The molecule has 31 heavy (non-hydrogen) atoms. The van der Waals surface area contributed by atoms with Gasteiger partial charge in [0.1, 0.15) is 5.69 Å². The highest BCUT2D eigenvalue weighted by Crippen LogP contribution is 2.31. The molecule has 1 amide bonds. The number of nitrogens with one attached hydrogen (secondary N) is 1. The Hall–Kier alpha value is -2.81. The SMILES string of the molecule is CCOC(=O)c1ccnc(-c2noc([C@H](CCCC3CCCCC3)CC(=O)NO)n2)c1. The monoisotopic (exact) mass is 430 g/mol. The van der Waals surface area contributed by atoms with Crippen molar-refractivity contribution in [2.45, 2.75) is 70.6 Å². The summed E-state index contributed by atoms with van der Waals surface area (Å²) in [4.78, 5) is 32.4. The van der Waals surface area contributed by atoms with Crippen LogP contribution in [0, 0.1) is 5.92 Å². The molecule has 9 heteroatoms. The van der Waals surface area contributed by atoms with E-state index in [9.17, 15) is 9.59 Å². The molecular weight excluding hydrogens is 400 g/mol. The maximum atomic E-state index is 12.0. The summed E-state index contributed by atoms with van der Waals surface area (Å²) in [6.45, 7) is 2.01. The van der Waals surface area contributed by atoms with Crippen molar-refractivity contribution in [1.29, 1.82) is 0 Å². The number of pyridine rings is 1. The lowest BCUT2D eigenvalue weighted by Crippen LogP contribution is -2.21. The Morgan fingerprint density at radius 1 is 1.32 bits per heavy atom. The number of hydroxylamine groups is 1. The van der Waals surface area contributed by atoms with Gasteiger partial charge in [0.15, 0.2) is 0 Å². The molecule has 2 aromatic rings. The molecule has 1 atom stereocenters. The Morgan fingerprint density at radius 2 is 2.13 bits per heavy atom. The van der Waals surface area contributed by atoms with Gasteiger partial charge in [0.2, 0.25) is 17.6 Å². The molecule has 0 radical (unpaired) electrons. The lowest BCUT2D eigenvalue weighted by molar-refractivity contribution is -0.129. The molecule has 0 saturated heterocycles. The van der Waals surface area contributed by atoms with Crippen LogP contribution in [0.2, 0.25) is 0 Å². The quantitative estimate of drug-likeness (QED) is 0.328. The molecule has 1 fully saturated rings. The van der Waals surface area contributed by atoms with Gasteiger partial charge in [-0.15, -0.1) is 0 Å². The first-order chi connectivity index (χ1) is 15.1. The normalized spacial score (nSPS) is 15.4. The number of amides is 1. The minimum absolute atomic E-state index is 0.0547. The van der Waals surface area contributed by atoms with Crippen molar-refractivity contribution in [2.75, 3.05) is 6.61 Å². The van der Waals surface area contributed by atoms with Gasteiger partial charge in [0.05, 0.1) is 12.2 Å². The van der Waals surface area contributed by atoms with E-state index in [0.717, 1.165) is 18.8 Å². The topological polar surface area (TPSA) is 127 Å². The zero-order chi connectivity index (χ0) is 22.1. The van der Waals surface area contributed by atoms with Crippen molar-refractivity contribution in [3.8, 4) is 11.5 Å². The average Bonchev–Trinajstić information content (AvgIpc) is 3.29. The molecule has 9 nitrogen and oxygen atoms in total. The predicted molar refractivity (Wildman–Crippen MR) is 111 cm³/mol. The van der Waals surface area contributed by atoms with Gasteiger partial charge < -0.3 is 9.26 Å². The molecule has 0 unspecified atom stereocenters. The lowest BCUT2D eigenvalue weighted by atomic mass is 9.84. The number of ether oxygens (including phenoxy) is 1. The molecule has 3 rings (SSSR count). The summed E-state index contributed by atoms with van der Waals surface area (Å²) in [5, 5.41) is 12.9. The zero-order valence-electron chi connectivity index (χ0n) is 17.9. The molecule has 2 aromatic heterocycles. The Kier molecular flexibility index (Phi) is 8.52. The lowest BCUT2D eigenvalue weighted by Gasteiger charge is -2.22. The third-order valence-electron chi connectivity index (χ3n) is 5.74. The van der Waals surface area contributed by atoms with E-state index in [1.54, 1.807) is 24.5 Å². The molecule has 2 heterocycles. The fourth-order valence-electron chi connectivity index (χ4n) is 4.11. The van der Waals surface area contributed by atoms with Crippen molar-refractivity contribution in [2.24, 2.45) is 5.92 Å². The van der Waals surface area contributed by atoms with E-state index in [1.807, 2.05) is 0 Å². The maximum Gasteiger partial charge on any atom is 0.338 e. The fourth-order valence-corrected chi connectivity index (χ4v) is 4.11. The van der Waals surface area contributed by atoms with Crippen molar-refractivity contribution >= 4 is 11.9 Å². The third kappa shape index (κ3) is 6.58. The third-order valence-corrected chi connectivity index (χ3v) is 5.74. The first-order valence-electron chi connectivity index (χ1n) is 11.0. The van der Waals surface area contributed by atoms with Crippen molar-refractivity contribution in [3.63, 3.8) is 0 Å². The largest absolute Gasteiger partial charge is 0.462 e. The minimum Gasteiger partial charge on any atom is -0.462 e. The van der Waals surface area contributed by atoms with E-state index in [1.165, 1.54) is 38.3 Å². The van der Waals surface area contributed by atoms with Gasteiger partial charge in [-0.1, -0.05) is 50.1 Å². The smallest absolute Gasteiger partial charge is 0.338 e. The highest BCUT2D eigenvalue weighted by molar-refractivity contribution is 5.90. The molecule has 0 spiro atoms. The highest BCUT2D eigenvalue weighted by atomic mass is 16.5. The summed E-state index contributed by atoms with van der Waals surface area (Å²) in [6, 6.07) is 3.10. The zero-order valence-corrected chi connectivity index (χ0v) is 17.9. The Labute approximate surface area is 181 Å². The van der Waals surface area contributed by atoms with Crippen LogP contribution in [0.25, 0.3) is 11.5 Å². The van der Waals surface area contributed by atoms with Gasteiger partial charge in [-0.25, -0.2) is 10.3 Å². The Morgan fingerprint density at radius 3 is 2.87 bits per heavy atom. The molecule has 168 valence electrons. The van der Waals surface area contributed by atoms with Crippen LogP contribution in [0.1, 0.15) is 86.9 Å². The van der Waals surface area contributed by atoms with Gasteiger partial charge in [-0.3, -0.25) is 15.0 Å². The summed E-state index contributed by atoms with van der Waals surface area (Å²) in [5.74, 6) is 0.0627. The van der Waals surface area contributed by atoms with Gasteiger partial charge in [0.25, 0.3) is 0 Å². The second-order valence-corrected chi connectivity index (χ2v) is 7.98. The van der Waals surface area contributed by atoms with Gasteiger partial charge in [-0.05, 0) is 31.4 Å². The van der Waals surface area contributed by atoms with Gasteiger partial charge >= 0.3 is 5.97 Å². The van der Waals surface area contributed by atoms with Crippen LogP contribution < -0.4 is 5.48 Å². The van der Waals surface area contributed by atoms with E-state index in [0.29, 0.717) is 23.6 Å². The maximum absolute atomic E-state index is 12.0. The fraction of sp³-hybridized carbons (Fsp3) is 0.591. The average molecular weight is 431 g/mol. The highest BCUT2D eigenvalue weighted by Gasteiger charge is 2.24. The van der Waals surface area contributed by atoms with E-state index in [4.69, 9.17) is 14.5 Å². The first kappa shape index (κ1) is 22.9.